The Morgan fingerprint density at radius 2 is 1.58 bits per heavy atom. The average molecular weight is 608 g/mol. The maximum absolute atomic E-state index is 14.2. The molecule has 43 heavy (non-hydrogen) atoms. The van der Waals surface area contributed by atoms with Crippen LogP contribution in [0.3, 0.4) is 0 Å². The Balaban J connectivity index is 1.72. The molecule has 3 aromatic carbocycles. The molecule has 9 nitrogen and oxygen atoms in total. The largest absolute Gasteiger partial charge is 0.493 e. The molecule has 1 fully saturated rings. The highest BCUT2D eigenvalue weighted by Crippen LogP contribution is 2.32. The number of nitrogens with one attached hydrogen (secondary N) is 1. The lowest BCUT2D eigenvalue weighted by Gasteiger charge is -2.33. The average Bonchev–Trinajstić information content (AvgIpc) is 3.52. The Labute approximate surface area is 254 Å². The van der Waals surface area contributed by atoms with Gasteiger partial charge in [-0.25, -0.2) is 8.42 Å². The molecular formula is C33H41N3O6S. The Bertz CT molecular complexity index is 1530. The minimum Gasteiger partial charge on any atom is -0.493 e. The molecule has 2 amide bonds. The fraction of sp³-hybridized carbons (Fsp3) is 0.394. The monoisotopic (exact) mass is 607 g/mol. The second-order valence-electron chi connectivity index (χ2n) is 11.0. The highest BCUT2D eigenvalue weighted by molar-refractivity contribution is 7.92. The molecule has 0 unspecified atom stereocenters. The van der Waals surface area contributed by atoms with E-state index in [1.54, 1.807) is 31.2 Å². The van der Waals surface area contributed by atoms with Crippen molar-refractivity contribution >= 4 is 27.5 Å². The Kier molecular flexibility index (Phi) is 10.3. The second-order valence-corrected chi connectivity index (χ2v) is 12.8. The Morgan fingerprint density at radius 1 is 0.930 bits per heavy atom. The molecule has 0 saturated heterocycles. The topological polar surface area (TPSA) is 105 Å². The molecule has 0 bridgehead atoms. The van der Waals surface area contributed by atoms with E-state index in [-0.39, 0.29) is 29.1 Å². The van der Waals surface area contributed by atoms with E-state index in [1.165, 1.54) is 37.3 Å². The maximum atomic E-state index is 14.2. The highest BCUT2D eigenvalue weighted by atomic mass is 32.2. The molecule has 1 N–H and O–H groups in total. The van der Waals surface area contributed by atoms with E-state index in [1.807, 2.05) is 38.1 Å². The van der Waals surface area contributed by atoms with Crippen molar-refractivity contribution in [2.24, 2.45) is 0 Å². The van der Waals surface area contributed by atoms with Crippen LogP contribution in [0.25, 0.3) is 0 Å². The van der Waals surface area contributed by atoms with Crippen LogP contribution in [-0.2, 0) is 26.2 Å². The summed E-state index contributed by atoms with van der Waals surface area (Å²) in [6.45, 7) is 5.19. The number of sulfonamides is 1. The SMILES string of the molecule is COc1ccc(S(=O)(=O)N(CC(=O)N(Cc2ccccc2C)[C@H](C)C(=O)NC2CCCC2)c2ccc(C)cc2)cc1OC. The molecule has 10 heteroatoms. The quantitative estimate of drug-likeness (QED) is 0.311. The lowest BCUT2D eigenvalue weighted by molar-refractivity contribution is -0.139. The third-order valence-electron chi connectivity index (χ3n) is 8.01. The number of hydrogen-bond acceptors (Lipinski definition) is 6. The fourth-order valence-electron chi connectivity index (χ4n) is 5.29. The molecule has 3 aromatic rings. The van der Waals surface area contributed by atoms with Gasteiger partial charge in [0, 0.05) is 18.7 Å². The predicted octanol–water partition coefficient (Wildman–Crippen LogP) is 4.99. The second kappa shape index (κ2) is 13.9. The summed E-state index contributed by atoms with van der Waals surface area (Å²) in [5.74, 6) is -0.122. The number of nitrogens with zero attached hydrogens (tertiary/aromatic N) is 2. The highest BCUT2D eigenvalue weighted by Gasteiger charge is 2.34. The molecule has 1 aliphatic rings. The van der Waals surface area contributed by atoms with Crippen molar-refractivity contribution in [1.29, 1.82) is 0 Å². The summed E-state index contributed by atoms with van der Waals surface area (Å²) in [5, 5.41) is 3.09. The number of amides is 2. The first kappa shape index (κ1) is 31.9. The molecule has 1 saturated carbocycles. The van der Waals surface area contributed by atoms with E-state index in [0.717, 1.165) is 46.7 Å². The van der Waals surface area contributed by atoms with E-state index in [2.05, 4.69) is 5.32 Å². The van der Waals surface area contributed by atoms with Gasteiger partial charge in [0.25, 0.3) is 10.0 Å². The molecule has 1 atom stereocenters. The van der Waals surface area contributed by atoms with Gasteiger partial charge in [-0.2, -0.15) is 0 Å². The number of methoxy groups -OCH3 is 2. The van der Waals surface area contributed by atoms with Crippen molar-refractivity contribution in [1.82, 2.24) is 10.2 Å². The summed E-state index contributed by atoms with van der Waals surface area (Å²) in [4.78, 5) is 29.0. The van der Waals surface area contributed by atoms with Gasteiger partial charge < -0.3 is 19.7 Å². The summed E-state index contributed by atoms with van der Waals surface area (Å²) >= 11 is 0. The molecule has 0 radical (unpaired) electrons. The number of carbonyl (C=O) groups excluding carboxylic acids is 2. The van der Waals surface area contributed by atoms with Crippen molar-refractivity contribution in [3.63, 3.8) is 0 Å². The zero-order valence-corrected chi connectivity index (χ0v) is 26.3. The number of anilines is 1. The molecule has 0 aliphatic heterocycles. The van der Waals surface area contributed by atoms with E-state index in [9.17, 15) is 18.0 Å². The lowest BCUT2D eigenvalue weighted by atomic mass is 10.1. The van der Waals surface area contributed by atoms with Crippen LogP contribution in [0, 0.1) is 13.8 Å². The van der Waals surface area contributed by atoms with Crippen molar-refractivity contribution in [3.05, 3.63) is 83.4 Å². The van der Waals surface area contributed by atoms with Crippen LogP contribution in [0.1, 0.15) is 49.3 Å². The molecular weight excluding hydrogens is 566 g/mol. The fourth-order valence-corrected chi connectivity index (χ4v) is 6.72. The number of ether oxygens (including phenoxy) is 2. The van der Waals surface area contributed by atoms with Crippen molar-refractivity contribution in [3.8, 4) is 11.5 Å². The third kappa shape index (κ3) is 7.48. The standard InChI is InChI=1S/C33H41N3O6S/c1-23-14-16-28(17-15-23)36(43(39,40)29-18-19-30(41-4)31(20-29)42-5)22-32(37)35(21-26-11-7-6-10-24(26)2)25(3)33(38)34-27-12-8-9-13-27/h6-7,10-11,14-20,25,27H,8-9,12-13,21-22H2,1-5H3,(H,34,38)/t25-/m1/s1. The van der Waals surface area contributed by atoms with Gasteiger partial charge >= 0.3 is 0 Å². The predicted molar refractivity (Wildman–Crippen MR) is 167 cm³/mol. The van der Waals surface area contributed by atoms with Gasteiger partial charge in [-0.05, 0) is 69.0 Å². The van der Waals surface area contributed by atoms with E-state index in [0.29, 0.717) is 11.4 Å². The van der Waals surface area contributed by atoms with Crippen LogP contribution in [0.15, 0.2) is 71.6 Å². The van der Waals surface area contributed by atoms with Gasteiger partial charge in [0.15, 0.2) is 11.5 Å². The van der Waals surface area contributed by atoms with Crippen molar-refractivity contribution in [2.45, 2.75) is 70.0 Å². The number of rotatable bonds is 12. The van der Waals surface area contributed by atoms with Crippen LogP contribution in [0.2, 0.25) is 0 Å². The summed E-state index contributed by atoms with van der Waals surface area (Å²) in [5.41, 5.74) is 3.11. The van der Waals surface area contributed by atoms with Gasteiger partial charge in [0.2, 0.25) is 11.8 Å². The van der Waals surface area contributed by atoms with Gasteiger partial charge in [0.05, 0.1) is 24.8 Å². The van der Waals surface area contributed by atoms with Crippen LogP contribution < -0.4 is 19.1 Å². The van der Waals surface area contributed by atoms with Crippen LogP contribution in [-0.4, -0.2) is 58.0 Å². The van der Waals surface area contributed by atoms with E-state index < -0.39 is 28.5 Å². The Hall–Kier alpha value is -4.05. The molecule has 230 valence electrons. The minimum atomic E-state index is -4.25. The first-order chi connectivity index (χ1) is 20.5. The number of hydrogen-bond donors (Lipinski definition) is 1. The summed E-state index contributed by atoms with van der Waals surface area (Å²) in [6.07, 6.45) is 3.94. The van der Waals surface area contributed by atoms with Crippen LogP contribution in [0.5, 0.6) is 11.5 Å². The van der Waals surface area contributed by atoms with Crippen molar-refractivity contribution < 1.29 is 27.5 Å². The first-order valence-electron chi connectivity index (χ1n) is 14.5. The Morgan fingerprint density at radius 3 is 2.21 bits per heavy atom. The maximum Gasteiger partial charge on any atom is 0.264 e. The number of aryl methyl sites for hydroxylation is 2. The summed E-state index contributed by atoms with van der Waals surface area (Å²) < 4.78 is 40.1. The minimum absolute atomic E-state index is 0.0593. The number of benzene rings is 3. The lowest BCUT2D eigenvalue weighted by Crippen LogP contribution is -2.52. The van der Waals surface area contributed by atoms with E-state index >= 15 is 0 Å². The summed E-state index contributed by atoms with van der Waals surface area (Å²) in [7, 11) is -1.35. The smallest absolute Gasteiger partial charge is 0.264 e. The molecule has 0 heterocycles. The van der Waals surface area contributed by atoms with E-state index in [4.69, 9.17) is 9.47 Å². The van der Waals surface area contributed by atoms with Gasteiger partial charge in [-0.1, -0.05) is 54.8 Å². The third-order valence-corrected chi connectivity index (χ3v) is 9.78. The molecule has 0 spiro atoms. The van der Waals surface area contributed by atoms with Crippen molar-refractivity contribution in [2.75, 3.05) is 25.1 Å². The van der Waals surface area contributed by atoms with Crippen LogP contribution >= 0.6 is 0 Å². The molecule has 1 aliphatic carbocycles. The number of carbonyl (C=O) groups is 2. The van der Waals surface area contributed by atoms with Gasteiger partial charge in [-0.15, -0.1) is 0 Å². The van der Waals surface area contributed by atoms with Gasteiger partial charge in [-0.3, -0.25) is 13.9 Å². The normalized spacial score (nSPS) is 14.2. The molecule has 0 aromatic heterocycles. The first-order valence-corrected chi connectivity index (χ1v) is 15.9. The zero-order chi connectivity index (χ0) is 31.1. The summed E-state index contributed by atoms with van der Waals surface area (Å²) in [6, 6.07) is 18.1. The molecule has 4 rings (SSSR count). The zero-order valence-electron chi connectivity index (χ0n) is 25.5. The van der Waals surface area contributed by atoms with Crippen LogP contribution in [0.4, 0.5) is 5.69 Å². The van der Waals surface area contributed by atoms with Gasteiger partial charge in [0.1, 0.15) is 12.6 Å².